The molecule has 7 heteroatoms. The molecule has 7 nitrogen and oxygen atoms in total. The zero-order valence-corrected chi connectivity index (χ0v) is 17.5. The molecule has 0 saturated carbocycles. The zero-order valence-electron chi connectivity index (χ0n) is 17.5. The molecule has 1 aromatic rings. The second-order valence-electron chi connectivity index (χ2n) is 9.29. The second-order valence-corrected chi connectivity index (χ2v) is 9.29. The molecule has 0 radical (unpaired) electrons. The predicted molar refractivity (Wildman–Crippen MR) is 108 cm³/mol. The Morgan fingerprint density at radius 2 is 2.18 bits per heavy atom. The minimum absolute atomic E-state index is 0.0118. The smallest absolute Gasteiger partial charge is 0.239 e. The van der Waals surface area contributed by atoms with E-state index in [0.29, 0.717) is 19.5 Å². The first-order valence-electron chi connectivity index (χ1n) is 10.3. The molecule has 3 unspecified atom stereocenters. The van der Waals surface area contributed by atoms with Gasteiger partial charge in [-0.25, -0.2) is 0 Å². The van der Waals surface area contributed by atoms with E-state index >= 15 is 0 Å². The maximum Gasteiger partial charge on any atom is 0.239 e. The zero-order chi connectivity index (χ0) is 20.3. The quantitative estimate of drug-likeness (QED) is 0.771. The number of carbonyl (C=O) groups is 2. The van der Waals surface area contributed by atoms with Crippen LogP contribution in [0.2, 0.25) is 0 Å². The van der Waals surface area contributed by atoms with Crippen LogP contribution in [-0.4, -0.2) is 66.4 Å². The van der Waals surface area contributed by atoms with Gasteiger partial charge in [0.05, 0.1) is 12.8 Å². The summed E-state index contributed by atoms with van der Waals surface area (Å²) in [5, 5.41) is 6.02. The number of fused-ring (bicyclic) bond motifs is 1. The van der Waals surface area contributed by atoms with Crippen LogP contribution in [0.15, 0.2) is 22.8 Å². The highest BCUT2D eigenvalue weighted by Crippen LogP contribution is 2.30. The first-order chi connectivity index (χ1) is 13.2. The van der Waals surface area contributed by atoms with Crippen molar-refractivity contribution in [2.45, 2.75) is 64.7 Å². The largest absolute Gasteiger partial charge is 0.467 e. The van der Waals surface area contributed by atoms with Gasteiger partial charge in [0.15, 0.2) is 0 Å². The average molecular weight is 391 g/mol. The molecule has 3 heterocycles. The van der Waals surface area contributed by atoms with Gasteiger partial charge in [-0.15, -0.1) is 0 Å². The van der Waals surface area contributed by atoms with E-state index in [9.17, 15) is 9.59 Å². The number of hydrogen-bond donors (Lipinski definition) is 2. The summed E-state index contributed by atoms with van der Waals surface area (Å²) in [4.78, 5) is 29.6. The lowest BCUT2D eigenvalue weighted by molar-refractivity contribution is -0.126. The number of amides is 2. The summed E-state index contributed by atoms with van der Waals surface area (Å²) in [6.07, 6.45) is 3.76. The summed E-state index contributed by atoms with van der Waals surface area (Å²) in [5.74, 6) is 0.890. The molecular weight excluding hydrogens is 356 g/mol. The van der Waals surface area contributed by atoms with Gasteiger partial charge in [-0.1, -0.05) is 20.8 Å². The Hall–Kier alpha value is -1.86. The van der Waals surface area contributed by atoms with Gasteiger partial charge in [-0.2, -0.15) is 0 Å². The molecule has 2 aliphatic heterocycles. The highest BCUT2D eigenvalue weighted by Gasteiger charge is 2.45. The third-order valence-corrected chi connectivity index (χ3v) is 5.77. The Morgan fingerprint density at radius 1 is 1.39 bits per heavy atom. The summed E-state index contributed by atoms with van der Waals surface area (Å²) < 4.78 is 5.24. The van der Waals surface area contributed by atoms with Crippen LogP contribution < -0.4 is 10.6 Å². The fourth-order valence-corrected chi connectivity index (χ4v) is 4.42. The molecule has 0 aromatic carbocycles. The van der Waals surface area contributed by atoms with Crippen LogP contribution in [0.3, 0.4) is 0 Å². The van der Waals surface area contributed by atoms with E-state index in [-0.39, 0.29) is 35.4 Å². The SMILES string of the molecule is CN1C(CCC(=O)NCc2ccco2)CNC(=O)C2C1CCN2CC(C)(C)C. The van der Waals surface area contributed by atoms with Gasteiger partial charge >= 0.3 is 0 Å². The van der Waals surface area contributed by atoms with Crippen molar-refractivity contribution in [2.75, 3.05) is 26.7 Å². The second kappa shape index (κ2) is 8.66. The highest BCUT2D eigenvalue weighted by atomic mass is 16.3. The Labute approximate surface area is 167 Å². The van der Waals surface area contributed by atoms with Crippen LogP contribution in [0, 0.1) is 5.41 Å². The lowest BCUT2D eigenvalue weighted by atomic mass is 9.95. The Bertz CT molecular complexity index is 668. The van der Waals surface area contributed by atoms with Crippen molar-refractivity contribution in [3.8, 4) is 0 Å². The third-order valence-electron chi connectivity index (χ3n) is 5.77. The number of furan rings is 1. The summed E-state index contributed by atoms with van der Waals surface area (Å²) in [7, 11) is 2.10. The van der Waals surface area contributed by atoms with E-state index in [1.54, 1.807) is 6.26 Å². The predicted octanol–water partition coefficient (Wildman–Crippen LogP) is 1.60. The van der Waals surface area contributed by atoms with Gasteiger partial charge in [0.1, 0.15) is 11.8 Å². The molecule has 2 N–H and O–H groups in total. The third kappa shape index (κ3) is 5.14. The van der Waals surface area contributed by atoms with E-state index in [4.69, 9.17) is 4.42 Å². The fourth-order valence-electron chi connectivity index (χ4n) is 4.42. The maximum absolute atomic E-state index is 12.8. The van der Waals surface area contributed by atoms with E-state index < -0.39 is 0 Å². The standard InChI is InChI=1S/C21H34N4O3/c1-21(2,3)14-25-10-9-17-19(25)20(27)23-12-15(24(17)4)7-8-18(26)22-13-16-6-5-11-28-16/h5-6,11,15,17,19H,7-10,12-14H2,1-4H3,(H,22,26)(H,23,27). The summed E-state index contributed by atoms with van der Waals surface area (Å²) in [5.41, 5.74) is 0.158. The van der Waals surface area contributed by atoms with Crippen LogP contribution in [0.1, 0.15) is 45.8 Å². The number of likely N-dealkylation sites (tertiary alicyclic amines) is 1. The van der Waals surface area contributed by atoms with Gasteiger partial charge in [0, 0.05) is 38.1 Å². The van der Waals surface area contributed by atoms with E-state index in [2.05, 4.69) is 48.3 Å². The topological polar surface area (TPSA) is 77.8 Å². The molecular formula is C21H34N4O3. The monoisotopic (exact) mass is 390 g/mol. The minimum atomic E-state index is -0.0954. The molecule has 1 aromatic heterocycles. The molecule has 0 spiro atoms. The van der Waals surface area contributed by atoms with Gasteiger partial charge in [0.25, 0.3) is 0 Å². The molecule has 0 aliphatic carbocycles. The average Bonchev–Trinajstić information content (AvgIpc) is 3.25. The van der Waals surface area contributed by atoms with Gasteiger partial charge in [-0.05, 0) is 37.4 Å². The van der Waals surface area contributed by atoms with Crippen molar-refractivity contribution in [3.63, 3.8) is 0 Å². The van der Waals surface area contributed by atoms with Crippen LogP contribution in [-0.2, 0) is 16.1 Å². The number of rotatable bonds is 6. The molecule has 2 amide bonds. The van der Waals surface area contributed by atoms with E-state index in [0.717, 1.165) is 31.7 Å². The van der Waals surface area contributed by atoms with Gasteiger partial charge in [-0.3, -0.25) is 19.4 Å². The van der Waals surface area contributed by atoms with Crippen molar-refractivity contribution in [1.82, 2.24) is 20.4 Å². The number of hydrogen-bond acceptors (Lipinski definition) is 5. The van der Waals surface area contributed by atoms with Crippen molar-refractivity contribution < 1.29 is 14.0 Å². The molecule has 2 fully saturated rings. The first kappa shape index (κ1) is 20.9. The molecule has 2 saturated heterocycles. The molecule has 0 bridgehead atoms. The van der Waals surface area contributed by atoms with Crippen LogP contribution in [0.5, 0.6) is 0 Å². The Morgan fingerprint density at radius 3 is 2.86 bits per heavy atom. The van der Waals surface area contributed by atoms with Gasteiger partial charge in [0.2, 0.25) is 11.8 Å². The van der Waals surface area contributed by atoms with Crippen molar-refractivity contribution >= 4 is 11.8 Å². The van der Waals surface area contributed by atoms with Crippen molar-refractivity contribution in [2.24, 2.45) is 5.41 Å². The van der Waals surface area contributed by atoms with Crippen LogP contribution in [0.25, 0.3) is 0 Å². The summed E-state index contributed by atoms with van der Waals surface area (Å²) >= 11 is 0. The fraction of sp³-hybridized carbons (Fsp3) is 0.714. The van der Waals surface area contributed by atoms with Crippen LogP contribution in [0.4, 0.5) is 0 Å². The Kier molecular flexibility index (Phi) is 6.45. The molecule has 28 heavy (non-hydrogen) atoms. The molecule has 156 valence electrons. The number of nitrogens with one attached hydrogen (secondary N) is 2. The number of carbonyl (C=O) groups excluding carboxylic acids is 2. The highest BCUT2D eigenvalue weighted by molar-refractivity contribution is 5.83. The van der Waals surface area contributed by atoms with E-state index in [1.165, 1.54) is 0 Å². The lowest BCUT2D eigenvalue weighted by Crippen LogP contribution is -2.51. The summed E-state index contributed by atoms with van der Waals surface area (Å²) in [6, 6.07) is 3.94. The lowest BCUT2D eigenvalue weighted by Gasteiger charge is -2.34. The van der Waals surface area contributed by atoms with Crippen molar-refractivity contribution in [3.05, 3.63) is 24.2 Å². The number of likely N-dealkylation sites (N-methyl/N-ethyl adjacent to an activating group) is 1. The van der Waals surface area contributed by atoms with Crippen LogP contribution >= 0.6 is 0 Å². The van der Waals surface area contributed by atoms with E-state index in [1.807, 2.05) is 12.1 Å². The van der Waals surface area contributed by atoms with Crippen molar-refractivity contribution in [1.29, 1.82) is 0 Å². The summed E-state index contributed by atoms with van der Waals surface area (Å²) in [6.45, 7) is 9.50. The maximum atomic E-state index is 12.8. The number of nitrogens with zero attached hydrogens (tertiary/aromatic N) is 2. The normalized spacial score (nSPS) is 26.6. The Balaban J connectivity index is 1.54. The first-order valence-corrected chi connectivity index (χ1v) is 10.3. The molecule has 3 rings (SSSR count). The van der Waals surface area contributed by atoms with Gasteiger partial charge < -0.3 is 15.1 Å². The minimum Gasteiger partial charge on any atom is -0.467 e. The molecule has 3 atom stereocenters. The molecule has 2 aliphatic rings.